The molecule has 0 saturated heterocycles. The zero-order chi connectivity index (χ0) is 23.5. The first-order valence-corrected chi connectivity index (χ1v) is 11.9. The Labute approximate surface area is 194 Å². The van der Waals surface area contributed by atoms with Gasteiger partial charge in [0.1, 0.15) is 6.61 Å². The van der Waals surface area contributed by atoms with Gasteiger partial charge in [0, 0.05) is 6.42 Å². The summed E-state index contributed by atoms with van der Waals surface area (Å²) in [5.41, 5.74) is 0.817. The van der Waals surface area contributed by atoms with Gasteiger partial charge in [-0.05, 0) is 65.1 Å². The molecule has 0 unspecified atom stereocenters. The third-order valence-corrected chi connectivity index (χ3v) is 6.69. The van der Waals surface area contributed by atoms with E-state index in [0.29, 0.717) is 23.5 Å². The molecular weight excluding hydrogens is 414 g/mol. The van der Waals surface area contributed by atoms with Crippen molar-refractivity contribution >= 4 is 39.3 Å². The normalized spacial score (nSPS) is 15.2. The van der Waals surface area contributed by atoms with E-state index in [1.165, 1.54) is 4.90 Å². The number of fused-ring (bicyclic) bond motifs is 3. The molecule has 0 radical (unpaired) electrons. The maximum Gasteiger partial charge on any atom is 0.305 e. The number of hydrogen-bond donors (Lipinski definition) is 0. The van der Waals surface area contributed by atoms with Crippen LogP contribution in [-0.4, -0.2) is 35.3 Å². The molecule has 5 heteroatoms. The van der Waals surface area contributed by atoms with Gasteiger partial charge in [0.25, 0.3) is 11.8 Å². The van der Waals surface area contributed by atoms with Crippen molar-refractivity contribution in [1.82, 2.24) is 4.90 Å². The molecule has 2 amide bonds. The third kappa shape index (κ3) is 4.77. The van der Waals surface area contributed by atoms with E-state index in [1.54, 1.807) is 19.1 Å². The van der Waals surface area contributed by atoms with Crippen LogP contribution in [0.2, 0.25) is 0 Å². The molecule has 1 aliphatic rings. The van der Waals surface area contributed by atoms with Crippen LogP contribution in [0.1, 0.15) is 73.6 Å². The molecule has 33 heavy (non-hydrogen) atoms. The second kappa shape index (κ2) is 9.74. The molecule has 0 aliphatic carbocycles. The van der Waals surface area contributed by atoms with Crippen LogP contribution in [0.5, 0.6) is 0 Å². The number of amides is 2. The van der Waals surface area contributed by atoms with Gasteiger partial charge in [-0.1, -0.05) is 57.4 Å². The summed E-state index contributed by atoms with van der Waals surface area (Å²) < 4.78 is 5.39. The van der Waals surface area contributed by atoms with Gasteiger partial charge in [-0.3, -0.25) is 19.3 Å². The minimum atomic E-state index is -0.524. The molecule has 2 atom stereocenters. The summed E-state index contributed by atoms with van der Waals surface area (Å²) >= 11 is 0. The first-order valence-electron chi connectivity index (χ1n) is 11.9. The van der Waals surface area contributed by atoms with Crippen molar-refractivity contribution in [2.45, 2.75) is 58.9 Å². The van der Waals surface area contributed by atoms with Gasteiger partial charge in [-0.2, -0.15) is 0 Å². The highest BCUT2D eigenvalue weighted by molar-refractivity contribution is 6.23. The van der Waals surface area contributed by atoms with E-state index in [4.69, 9.17) is 4.74 Å². The van der Waals surface area contributed by atoms with Gasteiger partial charge in [0.05, 0.1) is 17.2 Å². The Balaban J connectivity index is 1.42. The highest BCUT2D eigenvalue weighted by Crippen LogP contribution is 2.31. The van der Waals surface area contributed by atoms with Crippen molar-refractivity contribution in [3.8, 4) is 0 Å². The average Bonchev–Trinajstić information content (AvgIpc) is 3.06. The van der Waals surface area contributed by atoms with Gasteiger partial charge in [-0.15, -0.1) is 0 Å². The number of hydrogen-bond acceptors (Lipinski definition) is 4. The Bertz CT molecular complexity index is 1140. The Hall–Kier alpha value is -3.21. The van der Waals surface area contributed by atoms with Gasteiger partial charge < -0.3 is 4.74 Å². The second-order valence-corrected chi connectivity index (χ2v) is 9.22. The fourth-order valence-electron chi connectivity index (χ4n) is 4.42. The molecule has 5 nitrogen and oxygen atoms in total. The number of carbonyl (C=O) groups excluding carboxylic acids is 3. The Morgan fingerprint density at radius 3 is 2.00 bits per heavy atom. The molecule has 172 valence electrons. The second-order valence-electron chi connectivity index (χ2n) is 9.22. The lowest BCUT2D eigenvalue weighted by molar-refractivity contribution is -0.145. The highest BCUT2D eigenvalue weighted by atomic mass is 16.5. The molecule has 0 N–H and O–H groups in total. The Morgan fingerprint density at radius 2 is 1.45 bits per heavy atom. The molecule has 3 aromatic rings. The summed E-state index contributed by atoms with van der Waals surface area (Å²) in [4.78, 5) is 39.5. The summed E-state index contributed by atoms with van der Waals surface area (Å²) in [6.45, 7) is 6.14. The van der Waals surface area contributed by atoms with E-state index >= 15 is 0 Å². The number of unbranched alkanes of at least 4 members (excludes halogenated alkanes) is 1. The Morgan fingerprint density at radius 1 is 0.879 bits per heavy atom. The van der Waals surface area contributed by atoms with Gasteiger partial charge >= 0.3 is 5.97 Å². The number of nitrogens with zero attached hydrogens (tertiary/aromatic N) is 1. The first kappa shape index (κ1) is 23.0. The molecule has 1 heterocycles. The topological polar surface area (TPSA) is 63.7 Å². The summed E-state index contributed by atoms with van der Waals surface area (Å²) in [6.07, 6.45) is 4.42. The largest absolute Gasteiger partial charge is 0.463 e. The summed E-state index contributed by atoms with van der Waals surface area (Å²) in [5.74, 6) is -0.269. The van der Waals surface area contributed by atoms with Crippen LogP contribution >= 0.6 is 0 Å². The molecule has 0 fully saturated rings. The van der Waals surface area contributed by atoms with Crippen LogP contribution in [0, 0.1) is 5.92 Å². The smallest absolute Gasteiger partial charge is 0.305 e. The van der Waals surface area contributed by atoms with E-state index < -0.39 is 6.04 Å². The number of imide groups is 1. The van der Waals surface area contributed by atoms with E-state index in [2.05, 4.69) is 13.8 Å². The minimum Gasteiger partial charge on any atom is -0.463 e. The van der Waals surface area contributed by atoms with Crippen molar-refractivity contribution in [3.05, 3.63) is 59.7 Å². The molecule has 3 aromatic carbocycles. The van der Waals surface area contributed by atoms with Crippen LogP contribution in [-0.2, 0) is 9.53 Å². The predicted octanol–water partition coefficient (Wildman–Crippen LogP) is 6.13. The quantitative estimate of drug-likeness (QED) is 0.172. The summed E-state index contributed by atoms with van der Waals surface area (Å²) in [6, 6.07) is 15.2. The fraction of sp³-hybridized carbons (Fsp3) is 0.393. The molecule has 4 rings (SSSR count). The standard InChI is InChI=1S/C28H31NO4/c1-4-18(2)9-5-8-12-26(30)33-17-19(3)29-27(31)24-15-22-13-20-10-6-7-11-21(20)14-23(22)16-25(24)28(29)32/h6-7,10-11,13-16,18-19H,4-5,8-9,12,17H2,1-3H3/t18-,19+/m1/s1. The van der Waals surface area contributed by atoms with Gasteiger partial charge in [-0.25, -0.2) is 0 Å². The van der Waals surface area contributed by atoms with Crippen LogP contribution in [0.4, 0.5) is 0 Å². The monoisotopic (exact) mass is 445 g/mol. The van der Waals surface area contributed by atoms with Gasteiger partial charge in [0.15, 0.2) is 0 Å². The van der Waals surface area contributed by atoms with Crippen molar-refractivity contribution in [2.24, 2.45) is 5.92 Å². The lowest BCUT2D eigenvalue weighted by Gasteiger charge is -2.22. The van der Waals surface area contributed by atoms with Crippen molar-refractivity contribution in [1.29, 1.82) is 0 Å². The Kier molecular flexibility index (Phi) is 6.77. The lowest BCUT2D eigenvalue weighted by Crippen LogP contribution is -2.41. The first-order chi connectivity index (χ1) is 15.9. The number of esters is 1. The highest BCUT2D eigenvalue weighted by Gasteiger charge is 2.39. The van der Waals surface area contributed by atoms with E-state index in [0.717, 1.165) is 47.2 Å². The molecular formula is C28H31NO4. The van der Waals surface area contributed by atoms with E-state index in [1.807, 2.05) is 36.4 Å². The minimum absolute atomic E-state index is 0.0130. The summed E-state index contributed by atoms with van der Waals surface area (Å²) in [7, 11) is 0. The molecule has 0 spiro atoms. The van der Waals surface area contributed by atoms with Crippen molar-refractivity contribution in [3.63, 3.8) is 0 Å². The number of ether oxygens (including phenoxy) is 1. The third-order valence-electron chi connectivity index (χ3n) is 6.69. The maximum atomic E-state index is 13.1. The van der Waals surface area contributed by atoms with Crippen molar-refractivity contribution in [2.75, 3.05) is 6.61 Å². The predicted molar refractivity (Wildman–Crippen MR) is 130 cm³/mol. The van der Waals surface area contributed by atoms with Crippen LogP contribution < -0.4 is 0 Å². The van der Waals surface area contributed by atoms with Crippen LogP contribution in [0.3, 0.4) is 0 Å². The van der Waals surface area contributed by atoms with E-state index in [-0.39, 0.29) is 24.4 Å². The SMILES string of the molecule is CC[C@@H](C)CCCCC(=O)OC[C@H](C)N1C(=O)c2cc3cc4ccccc4cc3cc2C1=O. The van der Waals surface area contributed by atoms with Crippen LogP contribution in [0.25, 0.3) is 21.5 Å². The molecule has 0 bridgehead atoms. The fourth-order valence-corrected chi connectivity index (χ4v) is 4.42. The average molecular weight is 446 g/mol. The molecule has 0 aromatic heterocycles. The number of rotatable bonds is 9. The zero-order valence-electron chi connectivity index (χ0n) is 19.6. The summed E-state index contributed by atoms with van der Waals surface area (Å²) in [5, 5.41) is 4.02. The number of benzene rings is 3. The number of carbonyl (C=O) groups is 3. The van der Waals surface area contributed by atoms with E-state index in [9.17, 15) is 14.4 Å². The lowest BCUT2D eigenvalue weighted by atomic mass is 9.99. The van der Waals surface area contributed by atoms with Gasteiger partial charge in [0.2, 0.25) is 0 Å². The molecule has 0 saturated carbocycles. The van der Waals surface area contributed by atoms with Crippen molar-refractivity contribution < 1.29 is 19.1 Å². The van der Waals surface area contributed by atoms with Crippen LogP contribution in [0.15, 0.2) is 48.5 Å². The molecule has 1 aliphatic heterocycles. The maximum absolute atomic E-state index is 13.1. The zero-order valence-corrected chi connectivity index (χ0v) is 19.6.